The van der Waals surface area contributed by atoms with Crippen LogP contribution in [0.25, 0.3) is 17.1 Å². The van der Waals surface area contributed by atoms with Gasteiger partial charge < -0.3 is 4.74 Å². The van der Waals surface area contributed by atoms with Gasteiger partial charge in [-0.05, 0) is 48.9 Å². The molecule has 0 aliphatic rings. The monoisotopic (exact) mass is 450 g/mol. The van der Waals surface area contributed by atoms with Crippen LogP contribution in [0.1, 0.15) is 12.5 Å². The Morgan fingerprint density at radius 2 is 1.84 bits per heavy atom. The molecule has 162 valence electrons. The molecule has 0 unspecified atom stereocenters. The zero-order valence-electron chi connectivity index (χ0n) is 17.1. The summed E-state index contributed by atoms with van der Waals surface area (Å²) >= 11 is 1.33. The van der Waals surface area contributed by atoms with Crippen LogP contribution in [0.15, 0.2) is 78.0 Å². The maximum absolute atomic E-state index is 14.7. The Hall–Kier alpha value is -3.72. The van der Waals surface area contributed by atoms with Gasteiger partial charge in [0, 0.05) is 23.4 Å². The first-order valence-electron chi connectivity index (χ1n) is 9.86. The predicted octanol–water partition coefficient (Wildman–Crippen LogP) is 5.67. The maximum Gasteiger partial charge on any atom is 0.269 e. The van der Waals surface area contributed by atoms with Crippen molar-refractivity contribution in [3.63, 3.8) is 0 Å². The lowest BCUT2D eigenvalue weighted by molar-refractivity contribution is -0.384. The number of nitro benzene ring substituents is 1. The summed E-state index contributed by atoms with van der Waals surface area (Å²) in [6, 6.07) is 20.2. The van der Waals surface area contributed by atoms with Gasteiger partial charge in [-0.1, -0.05) is 36.0 Å². The van der Waals surface area contributed by atoms with E-state index in [1.165, 1.54) is 30.0 Å². The average Bonchev–Trinajstić information content (AvgIpc) is 3.22. The summed E-state index contributed by atoms with van der Waals surface area (Å²) in [4.78, 5) is 10.6. The van der Waals surface area contributed by atoms with E-state index in [0.717, 1.165) is 16.9 Å². The summed E-state index contributed by atoms with van der Waals surface area (Å²) in [6.45, 7) is 2.47. The molecule has 0 fully saturated rings. The van der Waals surface area contributed by atoms with Gasteiger partial charge in [0.2, 0.25) is 0 Å². The number of hydrogen-bond acceptors (Lipinski definition) is 6. The molecule has 0 amide bonds. The molecule has 1 aromatic heterocycles. The van der Waals surface area contributed by atoms with Crippen LogP contribution in [-0.2, 0) is 5.75 Å². The van der Waals surface area contributed by atoms with E-state index >= 15 is 0 Å². The molecule has 4 aromatic rings. The first-order valence-corrected chi connectivity index (χ1v) is 10.8. The van der Waals surface area contributed by atoms with E-state index in [2.05, 4.69) is 10.2 Å². The van der Waals surface area contributed by atoms with E-state index in [1.54, 1.807) is 34.9 Å². The van der Waals surface area contributed by atoms with Crippen molar-refractivity contribution in [2.45, 2.75) is 17.8 Å². The van der Waals surface area contributed by atoms with Crippen LogP contribution in [-0.4, -0.2) is 26.3 Å². The van der Waals surface area contributed by atoms with Crippen molar-refractivity contribution in [1.29, 1.82) is 0 Å². The first kappa shape index (κ1) is 21.5. The van der Waals surface area contributed by atoms with Crippen molar-refractivity contribution < 1.29 is 14.1 Å². The molecule has 0 bridgehead atoms. The van der Waals surface area contributed by atoms with Gasteiger partial charge in [0.05, 0.1) is 17.2 Å². The van der Waals surface area contributed by atoms with Gasteiger partial charge in [0.1, 0.15) is 11.6 Å². The minimum atomic E-state index is -0.431. The van der Waals surface area contributed by atoms with Gasteiger partial charge in [-0.3, -0.25) is 14.7 Å². The SMILES string of the molecule is CCOc1ccc(-c2nnc(SCc3cccc([N+](=O)[O-])c3)n2-c2ccccc2F)cc1. The number of thioether (sulfide) groups is 1. The number of benzene rings is 3. The minimum absolute atomic E-state index is 0.0220. The highest BCUT2D eigenvalue weighted by Gasteiger charge is 2.19. The van der Waals surface area contributed by atoms with Crippen molar-refractivity contribution in [3.8, 4) is 22.8 Å². The van der Waals surface area contributed by atoms with Gasteiger partial charge in [0.25, 0.3) is 5.69 Å². The van der Waals surface area contributed by atoms with Gasteiger partial charge in [-0.25, -0.2) is 4.39 Å². The molecule has 0 aliphatic carbocycles. The number of nitro groups is 1. The molecule has 1 heterocycles. The Bertz CT molecular complexity index is 1240. The van der Waals surface area contributed by atoms with E-state index in [0.29, 0.717) is 29.0 Å². The second-order valence-electron chi connectivity index (χ2n) is 6.77. The number of non-ortho nitro benzene ring substituents is 1. The smallest absolute Gasteiger partial charge is 0.269 e. The molecule has 32 heavy (non-hydrogen) atoms. The van der Waals surface area contributed by atoms with Crippen LogP contribution in [0.3, 0.4) is 0 Å². The number of ether oxygens (including phenoxy) is 1. The maximum atomic E-state index is 14.7. The number of rotatable bonds is 8. The minimum Gasteiger partial charge on any atom is -0.494 e. The molecule has 0 spiro atoms. The number of halogens is 1. The fourth-order valence-electron chi connectivity index (χ4n) is 3.18. The van der Waals surface area contributed by atoms with Crippen molar-refractivity contribution in [1.82, 2.24) is 14.8 Å². The quantitative estimate of drug-likeness (QED) is 0.195. The number of hydrogen-bond donors (Lipinski definition) is 0. The van der Waals surface area contributed by atoms with E-state index < -0.39 is 10.7 Å². The summed E-state index contributed by atoms with van der Waals surface area (Å²) in [5.41, 5.74) is 1.86. The summed E-state index contributed by atoms with van der Waals surface area (Å²) in [6.07, 6.45) is 0. The molecule has 0 saturated carbocycles. The number of nitrogens with zero attached hydrogens (tertiary/aromatic N) is 4. The Kier molecular flexibility index (Phi) is 6.46. The van der Waals surface area contributed by atoms with Crippen LogP contribution in [0.2, 0.25) is 0 Å². The highest BCUT2D eigenvalue weighted by molar-refractivity contribution is 7.98. The number of para-hydroxylation sites is 1. The van der Waals surface area contributed by atoms with Crippen molar-refractivity contribution in [3.05, 3.63) is 94.3 Å². The largest absolute Gasteiger partial charge is 0.494 e. The fraction of sp³-hybridized carbons (Fsp3) is 0.130. The highest BCUT2D eigenvalue weighted by atomic mass is 32.2. The molecule has 0 radical (unpaired) electrons. The third kappa shape index (κ3) is 4.62. The summed E-state index contributed by atoms with van der Waals surface area (Å²) in [5.74, 6) is 1.22. The molecule has 7 nitrogen and oxygen atoms in total. The Morgan fingerprint density at radius 1 is 1.06 bits per heavy atom. The van der Waals surface area contributed by atoms with Gasteiger partial charge in [-0.2, -0.15) is 0 Å². The topological polar surface area (TPSA) is 83.1 Å². The van der Waals surface area contributed by atoms with E-state index in [-0.39, 0.29) is 5.69 Å². The van der Waals surface area contributed by atoms with Gasteiger partial charge in [0.15, 0.2) is 11.0 Å². The highest BCUT2D eigenvalue weighted by Crippen LogP contribution is 2.32. The van der Waals surface area contributed by atoms with Gasteiger partial charge in [-0.15, -0.1) is 10.2 Å². The van der Waals surface area contributed by atoms with Crippen molar-refractivity contribution in [2.24, 2.45) is 0 Å². The van der Waals surface area contributed by atoms with Gasteiger partial charge >= 0.3 is 0 Å². The van der Waals surface area contributed by atoms with E-state index in [4.69, 9.17) is 4.74 Å². The first-order chi connectivity index (χ1) is 15.6. The van der Waals surface area contributed by atoms with E-state index in [1.807, 2.05) is 31.2 Å². The lowest BCUT2D eigenvalue weighted by Gasteiger charge is -2.12. The van der Waals surface area contributed by atoms with Crippen molar-refractivity contribution in [2.75, 3.05) is 6.61 Å². The zero-order valence-corrected chi connectivity index (χ0v) is 18.0. The van der Waals surface area contributed by atoms with Crippen LogP contribution in [0.4, 0.5) is 10.1 Å². The summed E-state index contributed by atoms with van der Waals surface area (Å²) in [7, 11) is 0. The van der Waals surface area contributed by atoms with Crippen molar-refractivity contribution >= 4 is 17.4 Å². The van der Waals surface area contributed by atoms with E-state index in [9.17, 15) is 14.5 Å². The molecule has 4 rings (SSSR count). The Balaban J connectivity index is 1.71. The molecule has 0 aliphatic heterocycles. The lowest BCUT2D eigenvalue weighted by Crippen LogP contribution is -2.02. The van der Waals surface area contributed by atoms with Crippen LogP contribution in [0.5, 0.6) is 5.75 Å². The third-order valence-electron chi connectivity index (χ3n) is 4.64. The van der Waals surface area contributed by atoms with Crippen LogP contribution in [0, 0.1) is 15.9 Å². The fourth-order valence-corrected chi connectivity index (χ4v) is 4.06. The standard InChI is InChI=1S/C23H19FN4O3S/c1-2-31-19-12-10-17(11-13-19)22-25-26-23(27(22)21-9-4-3-8-20(21)24)32-15-16-6-5-7-18(14-16)28(29)30/h3-14H,2,15H2,1H3. The zero-order chi connectivity index (χ0) is 22.5. The Labute approximate surface area is 188 Å². The van der Waals surface area contributed by atoms with Crippen LogP contribution < -0.4 is 4.74 Å². The molecule has 0 atom stereocenters. The second-order valence-corrected chi connectivity index (χ2v) is 7.71. The molecule has 0 saturated heterocycles. The summed E-state index contributed by atoms with van der Waals surface area (Å²) < 4.78 is 21.9. The normalized spacial score (nSPS) is 10.8. The molecule has 0 N–H and O–H groups in total. The Morgan fingerprint density at radius 3 is 2.56 bits per heavy atom. The molecular weight excluding hydrogens is 431 g/mol. The molecular formula is C23H19FN4O3S. The third-order valence-corrected chi connectivity index (χ3v) is 5.64. The second kappa shape index (κ2) is 9.61. The number of aromatic nitrogens is 3. The van der Waals surface area contributed by atoms with Crippen LogP contribution >= 0.6 is 11.8 Å². The summed E-state index contributed by atoms with van der Waals surface area (Å²) in [5, 5.41) is 20.1. The molecule has 9 heteroatoms. The average molecular weight is 450 g/mol. The lowest BCUT2D eigenvalue weighted by atomic mass is 10.2. The molecule has 3 aromatic carbocycles. The predicted molar refractivity (Wildman–Crippen MR) is 121 cm³/mol.